The topological polar surface area (TPSA) is 94.3 Å². The zero-order valence-corrected chi connectivity index (χ0v) is 11.3. The molecule has 0 bridgehead atoms. The number of hydrogen-bond donors (Lipinski definition) is 2. The van der Waals surface area contributed by atoms with Crippen LogP contribution in [0.1, 0.15) is 29.3 Å². The lowest BCUT2D eigenvalue weighted by Gasteiger charge is -2.05. The molecule has 0 aliphatic rings. The molecule has 1 aromatic heterocycles. The number of nitrogens with zero attached hydrogens (tertiary/aromatic N) is 1. The Hall–Kier alpha value is -2.39. The average Bonchev–Trinajstić information content (AvgIpc) is 2.45. The lowest BCUT2D eigenvalue weighted by molar-refractivity contribution is -0.142. The fourth-order valence-corrected chi connectivity index (χ4v) is 1.40. The van der Waals surface area contributed by atoms with Gasteiger partial charge < -0.3 is 15.8 Å². The van der Waals surface area contributed by atoms with Gasteiger partial charge in [-0.1, -0.05) is 11.8 Å². The molecule has 1 heterocycles. The van der Waals surface area contributed by atoms with Crippen molar-refractivity contribution in [2.24, 2.45) is 5.73 Å². The SMILES string of the molecule is CCOC(=O)CCNC(=O)c1cncc(C#CCN)c1. The molecular formula is C14H17N3O3. The molecule has 0 unspecified atom stereocenters. The Morgan fingerprint density at radius 2 is 2.25 bits per heavy atom. The predicted molar refractivity (Wildman–Crippen MR) is 73.8 cm³/mol. The maximum atomic E-state index is 11.8. The number of ether oxygens (including phenoxy) is 1. The standard InChI is InChI=1S/C14H17N3O3/c1-2-20-13(18)5-7-17-14(19)12-8-11(4-3-6-15)9-16-10-12/h8-10H,2,5-7,15H2,1H3,(H,17,19). The van der Waals surface area contributed by atoms with Crippen molar-refractivity contribution in [3.05, 3.63) is 29.6 Å². The minimum Gasteiger partial charge on any atom is -0.466 e. The van der Waals surface area contributed by atoms with Crippen LogP contribution < -0.4 is 11.1 Å². The highest BCUT2D eigenvalue weighted by molar-refractivity contribution is 5.94. The highest BCUT2D eigenvalue weighted by Gasteiger charge is 2.07. The van der Waals surface area contributed by atoms with Crippen molar-refractivity contribution < 1.29 is 14.3 Å². The first-order chi connectivity index (χ1) is 9.67. The predicted octanol–water partition coefficient (Wildman–Crippen LogP) is 0.0748. The van der Waals surface area contributed by atoms with Gasteiger partial charge in [0.2, 0.25) is 0 Å². The van der Waals surface area contributed by atoms with E-state index in [0.29, 0.717) is 17.7 Å². The van der Waals surface area contributed by atoms with Crippen molar-refractivity contribution in [3.63, 3.8) is 0 Å². The van der Waals surface area contributed by atoms with Crippen LogP contribution in [0.3, 0.4) is 0 Å². The Labute approximate surface area is 117 Å². The van der Waals surface area contributed by atoms with Gasteiger partial charge in [-0.05, 0) is 13.0 Å². The second kappa shape index (κ2) is 8.67. The van der Waals surface area contributed by atoms with Crippen LogP contribution in [0.25, 0.3) is 0 Å². The monoisotopic (exact) mass is 275 g/mol. The van der Waals surface area contributed by atoms with Crippen molar-refractivity contribution in [1.82, 2.24) is 10.3 Å². The minimum atomic E-state index is -0.339. The molecule has 6 heteroatoms. The van der Waals surface area contributed by atoms with E-state index in [1.54, 1.807) is 19.2 Å². The fraction of sp³-hybridized carbons (Fsp3) is 0.357. The number of rotatable bonds is 5. The fourth-order valence-electron chi connectivity index (χ4n) is 1.40. The van der Waals surface area contributed by atoms with Crippen molar-refractivity contribution in [3.8, 4) is 11.8 Å². The minimum absolute atomic E-state index is 0.139. The lowest BCUT2D eigenvalue weighted by Crippen LogP contribution is -2.26. The first kappa shape index (κ1) is 15.7. The Bertz CT molecular complexity index is 532. The Morgan fingerprint density at radius 3 is 2.95 bits per heavy atom. The van der Waals surface area contributed by atoms with Crippen LogP contribution >= 0.6 is 0 Å². The molecule has 0 aliphatic heterocycles. The smallest absolute Gasteiger partial charge is 0.307 e. The van der Waals surface area contributed by atoms with Crippen molar-refractivity contribution in [1.29, 1.82) is 0 Å². The zero-order chi connectivity index (χ0) is 14.8. The molecule has 0 saturated heterocycles. The van der Waals surface area contributed by atoms with Crippen molar-refractivity contribution >= 4 is 11.9 Å². The number of nitrogens with one attached hydrogen (secondary N) is 1. The third-order valence-corrected chi connectivity index (χ3v) is 2.26. The third kappa shape index (κ3) is 5.50. The molecule has 1 rings (SSSR count). The number of esters is 1. The van der Waals surface area contributed by atoms with Crippen LogP contribution in [0.5, 0.6) is 0 Å². The Kier molecular flexibility index (Phi) is 6.79. The summed E-state index contributed by atoms with van der Waals surface area (Å²) in [5.74, 6) is 4.84. The van der Waals surface area contributed by atoms with E-state index in [0.717, 1.165) is 0 Å². The zero-order valence-electron chi connectivity index (χ0n) is 11.3. The maximum Gasteiger partial charge on any atom is 0.307 e. The van der Waals surface area contributed by atoms with Gasteiger partial charge in [0.1, 0.15) is 0 Å². The molecule has 1 amide bonds. The molecular weight excluding hydrogens is 258 g/mol. The van der Waals surface area contributed by atoms with Gasteiger partial charge in [0.25, 0.3) is 5.91 Å². The van der Waals surface area contributed by atoms with E-state index in [1.165, 1.54) is 6.20 Å². The molecule has 0 aliphatic carbocycles. The molecule has 3 N–H and O–H groups in total. The van der Waals surface area contributed by atoms with E-state index >= 15 is 0 Å². The lowest BCUT2D eigenvalue weighted by atomic mass is 10.2. The number of amides is 1. The summed E-state index contributed by atoms with van der Waals surface area (Å²) in [6, 6.07) is 1.62. The number of hydrogen-bond acceptors (Lipinski definition) is 5. The van der Waals surface area contributed by atoms with Crippen LogP contribution in [0.2, 0.25) is 0 Å². The van der Waals surface area contributed by atoms with E-state index < -0.39 is 0 Å². The largest absolute Gasteiger partial charge is 0.466 e. The highest BCUT2D eigenvalue weighted by atomic mass is 16.5. The van der Waals surface area contributed by atoms with Gasteiger partial charge in [0.05, 0.1) is 25.1 Å². The summed E-state index contributed by atoms with van der Waals surface area (Å²) in [6.07, 6.45) is 3.13. The maximum absolute atomic E-state index is 11.8. The van der Waals surface area contributed by atoms with E-state index in [2.05, 4.69) is 22.1 Å². The normalized spacial score (nSPS) is 9.30. The van der Waals surface area contributed by atoms with E-state index in [1.807, 2.05) is 0 Å². The second-order valence-electron chi connectivity index (χ2n) is 3.78. The molecule has 20 heavy (non-hydrogen) atoms. The summed E-state index contributed by atoms with van der Waals surface area (Å²) >= 11 is 0. The Morgan fingerprint density at radius 1 is 1.45 bits per heavy atom. The average molecular weight is 275 g/mol. The molecule has 1 aromatic rings. The van der Waals surface area contributed by atoms with Crippen LogP contribution in [0, 0.1) is 11.8 Å². The first-order valence-electron chi connectivity index (χ1n) is 6.25. The van der Waals surface area contributed by atoms with E-state index in [9.17, 15) is 9.59 Å². The number of pyridine rings is 1. The summed E-state index contributed by atoms with van der Waals surface area (Å²) in [4.78, 5) is 26.9. The molecule has 0 saturated carbocycles. The molecule has 0 radical (unpaired) electrons. The summed E-state index contributed by atoms with van der Waals surface area (Å²) in [7, 11) is 0. The molecule has 6 nitrogen and oxygen atoms in total. The molecule has 106 valence electrons. The highest BCUT2D eigenvalue weighted by Crippen LogP contribution is 2.01. The summed E-state index contributed by atoms with van der Waals surface area (Å²) in [5.41, 5.74) is 6.28. The van der Waals surface area contributed by atoms with Gasteiger partial charge in [0.15, 0.2) is 0 Å². The van der Waals surface area contributed by atoms with E-state index in [4.69, 9.17) is 10.5 Å². The van der Waals surface area contributed by atoms with Gasteiger partial charge in [0, 0.05) is 24.5 Å². The van der Waals surface area contributed by atoms with Crippen LogP contribution in [-0.2, 0) is 9.53 Å². The molecule has 0 fully saturated rings. The van der Waals surface area contributed by atoms with Crippen molar-refractivity contribution in [2.45, 2.75) is 13.3 Å². The quantitative estimate of drug-likeness (QED) is 0.586. The number of carbonyl (C=O) groups is 2. The van der Waals surface area contributed by atoms with Gasteiger partial charge >= 0.3 is 5.97 Å². The number of nitrogens with two attached hydrogens (primary N) is 1. The first-order valence-corrected chi connectivity index (χ1v) is 6.25. The number of aromatic nitrogens is 1. The van der Waals surface area contributed by atoms with Gasteiger partial charge in [-0.3, -0.25) is 14.6 Å². The van der Waals surface area contributed by atoms with Gasteiger partial charge in [-0.15, -0.1) is 0 Å². The van der Waals surface area contributed by atoms with Crippen LogP contribution in [0.15, 0.2) is 18.5 Å². The van der Waals surface area contributed by atoms with Crippen molar-refractivity contribution in [2.75, 3.05) is 19.7 Å². The van der Waals surface area contributed by atoms with E-state index in [-0.39, 0.29) is 31.4 Å². The van der Waals surface area contributed by atoms with Gasteiger partial charge in [-0.25, -0.2) is 0 Å². The van der Waals surface area contributed by atoms with Crippen LogP contribution in [-0.4, -0.2) is 36.6 Å². The summed E-state index contributed by atoms with van der Waals surface area (Å²) in [6.45, 7) is 2.53. The summed E-state index contributed by atoms with van der Waals surface area (Å²) in [5, 5.41) is 2.62. The number of carbonyl (C=O) groups excluding carboxylic acids is 2. The second-order valence-corrected chi connectivity index (χ2v) is 3.78. The third-order valence-electron chi connectivity index (χ3n) is 2.26. The molecule has 0 aromatic carbocycles. The summed E-state index contributed by atoms with van der Waals surface area (Å²) < 4.78 is 4.76. The van der Waals surface area contributed by atoms with Gasteiger partial charge in [-0.2, -0.15) is 0 Å². The van der Waals surface area contributed by atoms with Crippen LogP contribution in [0.4, 0.5) is 0 Å². The Balaban J connectivity index is 2.53. The molecule has 0 atom stereocenters. The molecule has 0 spiro atoms.